The second-order valence-corrected chi connectivity index (χ2v) is 4.90. The standard InChI is InChI=1S/C13H22N2OS/c1-16-12-7-8-13(15-11-12)14-9-5-3-4-6-10-17-2/h7-8,11H,3-6,9-10H2,1-2H3,(H,14,15). The summed E-state index contributed by atoms with van der Waals surface area (Å²) >= 11 is 1.93. The highest BCUT2D eigenvalue weighted by molar-refractivity contribution is 7.98. The Bertz CT molecular complexity index is 290. The van der Waals surface area contributed by atoms with E-state index in [9.17, 15) is 0 Å². The molecular weight excluding hydrogens is 232 g/mol. The maximum Gasteiger partial charge on any atom is 0.137 e. The molecule has 1 rings (SSSR count). The van der Waals surface area contributed by atoms with Gasteiger partial charge in [0.25, 0.3) is 0 Å². The third-order valence-electron chi connectivity index (χ3n) is 2.55. The summed E-state index contributed by atoms with van der Waals surface area (Å²) in [5, 5.41) is 3.31. The number of hydrogen-bond acceptors (Lipinski definition) is 4. The van der Waals surface area contributed by atoms with Gasteiger partial charge in [-0.3, -0.25) is 0 Å². The highest BCUT2D eigenvalue weighted by atomic mass is 32.2. The molecule has 0 amide bonds. The SMILES string of the molecule is COc1ccc(NCCCCCCSC)nc1. The lowest BCUT2D eigenvalue weighted by molar-refractivity contribution is 0.413. The average Bonchev–Trinajstić information content (AvgIpc) is 2.38. The zero-order valence-corrected chi connectivity index (χ0v) is 11.6. The van der Waals surface area contributed by atoms with Gasteiger partial charge in [-0.2, -0.15) is 11.8 Å². The number of hydrogen-bond donors (Lipinski definition) is 1. The zero-order chi connectivity index (χ0) is 12.3. The van der Waals surface area contributed by atoms with E-state index in [4.69, 9.17) is 4.74 Å². The Hall–Kier alpha value is -0.900. The van der Waals surface area contributed by atoms with Gasteiger partial charge in [-0.05, 0) is 37.0 Å². The van der Waals surface area contributed by atoms with Gasteiger partial charge in [-0.25, -0.2) is 4.98 Å². The number of pyridine rings is 1. The van der Waals surface area contributed by atoms with Crippen molar-refractivity contribution in [2.75, 3.05) is 31.0 Å². The first-order valence-corrected chi connectivity index (χ1v) is 7.49. The van der Waals surface area contributed by atoms with E-state index in [1.807, 2.05) is 23.9 Å². The quantitative estimate of drug-likeness (QED) is 0.685. The lowest BCUT2D eigenvalue weighted by Crippen LogP contribution is -2.03. The number of anilines is 1. The number of thioether (sulfide) groups is 1. The van der Waals surface area contributed by atoms with Crippen LogP contribution in [0.1, 0.15) is 25.7 Å². The van der Waals surface area contributed by atoms with E-state index in [1.165, 1.54) is 31.4 Å². The molecule has 1 aromatic rings. The predicted molar refractivity (Wildman–Crippen MR) is 76.1 cm³/mol. The van der Waals surface area contributed by atoms with Gasteiger partial charge in [0.2, 0.25) is 0 Å². The molecule has 1 aromatic heterocycles. The van der Waals surface area contributed by atoms with Gasteiger partial charge in [0.1, 0.15) is 11.6 Å². The van der Waals surface area contributed by atoms with Gasteiger partial charge in [-0.1, -0.05) is 12.8 Å². The zero-order valence-electron chi connectivity index (χ0n) is 10.7. The molecule has 1 heterocycles. The van der Waals surface area contributed by atoms with E-state index in [1.54, 1.807) is 13.3 Å². The lowest BCUT2D eigenvalue weighted by Gasteiger charge is -2.06. The summed E-state index contributed by atoms with van der Waals surface area (Å²) in [6.45, 7) is 0.999. The summed E-state index contributed by atoms with van der Waals surface area (Å²) in [7, 11) is 1.65. The minimum atomic E-state index is 0.799. The van der Waals surface area contributed by atoms with Gasteiger partial charge in [0, 0.05) is 6.54 Å². The van der Waals surface area contributed by atoms with Crippen molar-refractivity contribution in [2.24, 2.45) is 0 Å². The lowest BCUT2D eigenvalue weighted by atomic mass is 10.2. The second-order valence-electron chi connectivity index (χ2n) is 3.92. The molecule has 0 saturated carbocycles. The van der Waals surface area contributed by atoms with E-state index in [-0.39, 0.29) is 0 Å². The number of methoxy groups -OCH3 is 1. The summed E-state index contributed by atoms with van der Waals surface area (Å²) in [6, 6.07) is 3.88. The van der Waals surface area contributed by atoms with Crippen LogP contribution in [0.4, 0.5) is 5.82 Å². The van der Waals surface area contributed by atoms with E-state index in [0.717, 1.165) is 18.1 Å². The number of ether oxygens (including phenoxy) is 1. The molecule has 0 atom stereocenters. The molecule has 0 saturated heterocycles. The van der Waals surface area contributed by atoms with Crippen molar-refractivity contribution in [2.45, 2.75) is 25.7 Å². The maximum atomic E-state index is 5.06. The summed E-state index contributed by atoms with van der Waals surface area (Å²) in [4.78, 5) is 4.26. The fraction of sp³-hybridized carbons (Fsp3) is 0.615. The van der Waals surface area contributed by atoms with Crippen LogP contribution in [0.2, 0.25) is 0 Å². The fourth-order valence-electron chi connectivity index (χ4n) is 1.55. The third-order valence-corrected chi connectivity index (χ3v) is 3.25. The summed E-state index contributed by atoms with van der Waals surface area (Å²) in [5.74, 6) is 3.01. The van der Waals surface area contributed by atoms with Crippen LogP contribution in [-0.4, -0.2) is 30.6 Å². The van der Waals surface area contributed by atoms with Crippen molar-refractivity contribution >= 4 is 17.6 Å². The number of unbranched alkanes of at least 4 members (excludes halogenated alkanes) is 3. The van der Waals surface area contributed by atoms with Gasteiger partial charge in [-0.15, -0.1) is 0 Å². The molecule has 0 fully saturated rings. The van der Waals surface area contributed by atoms with Crippen LogP contribution in [-0.2, 0) is 0 Å². The molecule has 0 aliphatic carbocycles. The molecule has 96 valence electrons. The third kappa shape index (κ3) is 6.41. The number of aromatic nitrogens is 1. The number of nitrogens with zero attached hydrogens (tertiary/aromatic N) is 1. The van der Waals surface area contributed by atoms with Crippen LogP contribution in [0.25, 0.3) is 0 Å². The van der Waals surface area contributed by atoms with Crippen molar-refractivity contribution in [3.05, 3.63) is 18.3 Å². The average molecular weight is 254 g/mol. The first-order valence-electron chi connectivity index (χ1n) is 6.09. The van der Waals surface area contributed by atoms with Crippen LogP contribution in [0, 0.1) is 0 Å². The van der Waals surface area contributed by atoms with Gasteiger partial charge < -0.3 is 10.1 Å². The Balaban J connectivity index is 2.05. The van der Waals surface area contributed by atoms with E-state index in [2.05, 4.69) is 16.6 Å². The molecule has 0 aliphatic heterocycles. The second kappa shape index (κ2) is 9.16. The first kappa shape index (κ1) is 14.2. The number of nitrogens with one attached hydrogen (secondary N) is 1. The molecule has 17 heavy (non-hydrogen) atoms. The van der Waals surface area contributed by atoms with E-state index >= 15 is 0 Å². The van der Waals surface area contributed by atoms with Crippen LogP contribution in [0.15, 0.2) is 18.3 Å². The molecule has 0 spiro atoms. The highest BCUT2D eigenvalue weighted by Crippen LogP contribution is 2.11. The minimum absolute atomic E-state index is 0.799. The Morgan fingerprint density at radius 1 is 1.24 bits per heavy atom. The van der Waals surface area contributed by atoms with Crippen LogP contribution in [0.5, 0.6) is 5.75 Å². The van der Waals surface area contributed by atoms with Gasteiger partial charge in [0.15, 0.2) is 0 Å². The van der Waals surface area contributed by atoms with Crippen molar-refractivity contribution in [3.63, 3.8) is 0 Å². The molecule has 3 nitrogen and oxygen atoms in total. The molecule has 0 aliphatic rings. The Morgan fingerprint density at radius 3 is 2.71 bits per heavy atom. The summed E-state index contributed by atoms with van der Waals surface area (Å²) in [6.07, 6.45) is 9.07. The molecule has 0 bridgehead atoms. The topological polar surface area (TPSA) is 34.1 Å². The van der Waals surface area contributed by atoms with Crippen LogP contribution < -0.4 is 10.1 Å². The van der Waals surface area contributed by atoms with Crippen molar-refractivity contribution in [3.8, 4) is 5.75 Å². The van der Waals surface area contributed by atoms with E-state index in [0.29, 0.717) is 0 Å². The molecule has 0 aromatic carbocycles. The van der Waals surface area contributed by atoms with Gasteiger partial charge in [0.05, 0.1) is 13.3 Å². The normalized spacial score (nSPS) is 10.2. The largest absolute Gasteiger partial charge is 0.495 e. The maximum absolute atomic E-state index is 5.06. The molecule has 4 heteroatoms. The van der Waals surface area contributed by atoms with Crippen molar-refractivity contribution in [1.82, 2.24) is 4.98 Å². The smallest absolute Gasteiger partial charge is 0.137 e. The Labute approximate surface area is 108 Å². The Kier molecular flexibility index (Phi) is 7.63. The first-order chi connectivity index (χ1) is 8.36. The molecule has 0 unspecified atom stereocenters. The minimum Gasteiger partial charge on any atom is -0.495 e. The monoisotopic (exact) mass is 254 g/mol. The highest BCUT2D eigenvalue weighted by Gasteiger charge is 1.95. The molecular formula is C13H22N2OS. The predicted octanol–water partition coefficient (Wildman–Crippen LogP) is 3.43. The summed E-state index contributed by atoms with van der Waals surface area (Å²) in [5.41, 5.74) is 0. The van der Waals surface area contributed by atoms with Crippen LogP contribution >= 0.6 is 11.8 Å². The van der Waals surface area contributed by atoms with E-state index < -0.39 is 0 Å². The van der Waals surface area contributed by atoms with Gasteiger partial charge >= 0.3 is 0 Å². The van der Waals surface area contributed by atoms with Crippen molar-refractivity contribution < 1.29 is 4.74 Å². The van der Waals surface area contributed by atoms with Crippen molar-refractivity contribution in [1.29, 1.82) is 0 Å². The molecule has 1 N–H and O–H groups in total. The fourth-order valence-corrected chi connectivity index (χ4v) is 2.04. The van der Waals surface area contributed by atoms with Crippen LogP contribution in [0.3, 0.4) is 0 Å². The Morgan fingerprint density at radius 2 is 2.06 bits per heavy atom. The summed E-state index contributed by atoms with van der Waals surface area (Å²) < 4.78 is 5.06. The number of rotatable bonds is 9. The molecule has 0 radical (unpaired) electrons.